The fourth-order valence-corrected chi connectivity index (χ4v) is 3.71. The molecule has 132 valence electrons. The quantitative estimate of drug-likeness (QED) is 0.754. The number of rotatable bonds is 4. The van der Waals surface area contributed by atoms with E-state index in [2.05, 4.69) is 4.98 Å². The van der Waals surface area contributed by atoms with Crippen molar-refractivity contribution in [3.05, 3.63) is 40.4 Å². The Morgan fingerprint density at radius 1 is 1.20 bits per heavy atom. The second-order valence-corrected chi connectivity index (χ2v) is 7.21. The molecule has 0 atom stereocenters. The fourth-order valence-electron chi connectivity index (χ4n) is 2.73. The third kappa shape index (κ3) is 4.80. The second kappa shape index (κ2) is 8.45. The summed E-state index contributed by atoms with van der Waals surface area (Å²) in [4.78, 5) is 30.4. The normalized spacial score (nSPS) is 14.8. The SMILES string of the molecule is O=C(OCC(=O)N1CCCCCC1)c1csc(-c2cccc(Cl)c2)n1. The maximum Gasteiger partial charge on any atom is 0.358 e. The highest BCUT2D eigenvalue weighted by atomic mass is 35.5. The Bertz CT molecular complexity index is 754. The van der Waals surface area contributed by atoms with Crippen LogP contribution in [0.15, 0.2) is 29.6 Å². The molecule has 1 aromatic carbocycles. The Labute approximate surface area is 155 Å². The summed E-state index contributed by atoms with van der Waals surface area (Å²) in [5.74, 6) is -0.715. The predicted octanol–water partition coefficient (Wildman–Crippen LogP) is 4.02. The lowest BCUT2D eigenvalue weighted by molar-refractivity contribution is -0.134. The lowest BCUT2D eigenvalue weighted by Gasteiger charge is -2.19. The van der Waals surface area contributed by atoms with Crippen molar-refractivity contribution < 1.29 is 14.3 Å². The third-order valence-corrected chi connectivity index (χ3v) is 5.20. The highest BCUT2D eigenvalue weighted by molar-refractivity contribution is 7.13. The van der Waals surface area contributed by atoms with Crippen LogP contribution in [-0.2, 0) is 9.53 Å². The third-order valence-electron chi connectivity index (χ3n) is 4.07. The maximum absolute atomic E-state index is 12.2. The molecule has 0 unspecified atom stereocenters. The molecular weight excluding hydrogens is 360 g/mol. The second-order valence-electron chi connectivity index (χ2n) is 5.92. The van der Waals surface area contributed by atoms with E-state index in [1.54, 1.807) is 22.4 Å². The van der Waals surface area contributed by atoms with E-state index in [1.807, 2.05) is 12.1 Å². The molecule has 1 fully saturated rings. The maximum atomic E-state index is 12.2. The molecule has 0 saturated carbocycles. The molecule has 2 heterocycles. The van der Waals surface area contributed by atoms with E-state index in [4.69, 9.17) is 16.3 Å². The summed E-state index contributed by atoms with van der Waals surface area (Å²) in [6.45, 7) is 1.25. The number of carbonyl (C=O) groups is 2. The van der Waals surface area contributed by atoms with Crippen LogP contribution in [-0.4, -0.2) is 41.5 Å². The van der Waals surface area contributed by atoms with E-state index in [0.717, 1.165) is 44.3 Å². The first kappa shape index (κ1) is 17.9. The van der Waals surface area contributed by atoms with Crippen LogP contribution in [0.3, 0.4) is 0 Å². The van der Waals surface area contributed by atoms with Gasteiger partial charge in [-0.2, -0.15) is 0 Å². The molecule has 2 aromatic rings. The number of thiazole rings is 1. The van der Waals surface area contributed by atoms with Crippen LogP contribution in [0.5, 0.6) is 0 Å². The first-order valence-electron chi connectivity index (χ1n) is 8.30. The van der Waals surface area contributed by atoms with Gasteiger partial charge < -0.3 is 9.64 Å². The molecule has 7 heteroatoms. The number of hydrogen-bond donors (Lipinski definition) is 0. The van der Waals surface area contributed by atoms with Gasteiger partial charge in [0.1, 0.15) is 5.01 Å². The minimum absolute atomic E-state index is 0.138. The monoisotopic (exact) mass is 378 g/mol. The minimum atomic E-state index is -0.576. The van der Waals surface area contributed by atoms with Crippen molar-refractivity contribution in [2.45, 2.75) is 25.7 Å². The molecule has 5 nitrogen and oxygen atoms in total. The summed E-state index contributed by atoms with van der Waals surface area (Å²) in [5.41, 5.74) is 1.06. The zero-order valence-corrected chi connectivity index (χ0v) is 15.3. The van der Waals surface area contributed by atoms with Gasteiger partial charge in [-0.3, -0.25) is 4.79 Å². The molecule has 1 aliphatic rings. The number of nitrogens with zero attached hydrogens (tertiary/aromatic N) is 2. The first-order valence-corrected chi connectivity index (χ1v) is 9.55. The van der Waals surface area contributed by atoms with Gasteiger partial charge in [0.25, 0.3) is 5.91 Å². The number of ether oxygens (including phenoxy) is 1. The van der Waals surface area contributed by atoms with Gasteiger partial charge in [-0.25, -0.2) is 9.78 Å². The molecule has 0 N–H and O–H groups in total. The average molecular weight is 379 g/mol. The summed E-state index contributed by atoms with van der Waals surface area (Å²) < 4.78 is 5.14. The van der Waals surface area contributed by atoms with E-state index >= 15 is 0 Å². The predicted molar refractivity (Wildman–Crippen MR) is 97.9 cm³/mol. The van der Waals surface area contributed by atoms with E-state index in [0.29, 0.717) is 10.0 Å². The zero-order chi connectivity index (χ0) is 17.6. The highest BCUT2D eigenvalue weighted by Gasteiger charge is 2.19. The number of esters is 1. The van der Waals surface area contributed by atoms with Crippen molar-refractivity contribution in [2.24, 2.45) is 0 Å². The molecule has 1 saturated heterocycles. The van der Waals surface area contributed by atoms with Crippen LogP contribution < -0.4 is 0 Å². The van der Waals surface area contributed by atoms with Gasteiger partial charge in [0, 0.05) is 29.1 Å². The minimum Gasteiger partial charge on any atom is -0.451 e. The highest BCUT2D eigenvalue weighted by Crippen LogP contribution is 2.26. The number of carbonyl (C=O) groups excluding carboxylic acids is 2. The van der Waals surface area contributed by atoms with E-state index in [-0.39, 0.29) is 18.2 Å². The molecular formula is C18H19ClN2O3S. The summed E-state index contributed by atoms with van der Waals surface area (Å²) >= 11 is 7.32. The number of aromatic nitrogens is 1. The largest absolute Gasteiger partial charge is 0.451 e. The fraction of sp³-hybridized carbons (Fsp3) is 0.389. The van der Waals surface area contributed by atoms with Gasteiger partial charge >= 0.3 is 5.97 Å². The van der Waals surface area contributed by atoms with Gasteiger partial charge in [-0.15, -0.1) is 11.3 Å². The number of halogens is 1. The first-order chi connectivity index (χ1) is 12.1. The average Bonchev–Trinajstić information content (AvgIpc) is 2.95. The molecule has 1 amide bonds. The standard InChI is InChI=1S/C18H19ClN2O3S/c19-14-7-5-6-13(10-14)17-20-15(12-25-17)18(23)24-11-16(22)21-8-3-1-2-4-9-21/h5-7,10,12H,1-4,8-9,11H2. The Morgan fingerprint density at radius 3 is 2.68 bits per heavy atom. The molecule has 0 spiro atoms. The summed E-state index contributed by atoms with van der Waals surface area (Å²) in [6.07, 6.45) is 4.31. The van der Waals surface area contributed by atoms with Crippen LogP contribution in [0.2, 0.25) is 5.02 Å². The van der Waals surface area contributed by atoms with Gasteiger partial charge in [0.05, 0.1) is 0 Å². The lowest BCUT2D eigenvalue weighted by Crippen LogP contribution is -2.35. The number of amides is 1. The van der Waals surface area contributed by atoms with E-state index in [1.165, 1.54) is 11.3 Å². The molecule has 1 aromatic heterocycles. The smallest absolute Gasteiger partial charge is 0.358 e. The van der Waals surface area contributed by atoms with Crippen molar-refractivity contribution in [1.82, 2.24) is 9.88 Å². The Hall–Kier alpha value is -1.92. The molecule has 1 aliphatic heterocycles. The summed E-state index contributed by atoms with van der Waals surface area (Å²) in [7, 11) is 0. The Morgan fingerprint density at radius 2 is 1.96 bits per heavy atom. The summed E-state index contributed by atoms with van der Waals surface area (Å²) in [5, 5.41) is 2.93. The lowest BCUT2D eigenvalue weighted by atomic mass is 10.2. The van der Waals surface area contributed by atoms with E-state index in [9.17, 15) is 9.59 Å². The van der Waals surface area contributed by atoms with Gasteiger partial charge in [0.2, 0.25) is 0 Å². The van der Waals surface area contributed by atoms with Crippen LogP contribution in [0.4, 0.5) is 0 Å². The Kier molecular flexibility index (Phi) is 6.04. The van der Waals surface area contributed by atoms with Crippen molar-refractivity contribution in [1.29, 1.82) is 0 Å². The van der Waals surface area contributed by atoms with Crippen LogP contribution >= 0.6 is 22.9 Å². The van der Waals surface area contributed by atoms with Crippen LogP contribution in [0, 0.1) is 0 Å². The summed E-state index contributed by atoms with van der Waals surface area (Å²) in [6, 6.07) is 7.28. The van der Waals surface area contributed by atoms with Gasteiger partial charge in [-0.1, -0.05) is 36.6 Å². The molecule has 3 rings (SSSR count). The van der Waals surface area contributed by atoms with Gasteiger partial charge in [-0.05, 0) is 25.0 Å². The topological polar surface area (TPSA) is 59.5 Å². The number of hydrogen-bond acceptors (Lipinski definition) is 5. The van der Waals surface area contributed by atoms with Crippen molar-refractivity contribution in [2.75, 3.05) is 19.7 Å². The van der Waals surface area contributed by atoms with Crippen molar-refractivity contribution in [3.8, 4) is 10.6 Å². The molecule has 0 radical (unpaired) electrons. The number of likely N-dealkylation sites (tertiary alicyclic amines) is 1. The molecule has 25 heavy (non-hydrogen) atoms. The van der Waals surface area contributed by atoms with Crippen molar-refractivity contribution in [3.63, 3.8) is 0 Å². The van der Waals surface area contributed by atoms with Crippen LogP contribution in [0.25, 0.3) is 10.6 Å². The molecule has 0 bridgehead atoms. The van der Waals surface area contributed by atoms with E-state index < -0.39 is 5.97 Å². The zero-order valence-electron chi connectivity index (χ0n) is 13.7. The number of benzene rings is 1. The Balaban J connectivity index is 1.57. The van der Waals surface area contributed by atoms with Crippen LogP contribution in [0.1, 0.15) is 36.2 Å². The molecule has 0 aliphatic carbocycles. The van der Waals surface area contributed by atoms with Gasteiger partial charge in [0.15, 0.2) is 12.3 Å². The van der Waals surface area contributed by atoms with Crippen molar-refractivity contribution >= 4 is 34.8 Å².